The summed E-state index contributed by atoms with van der Waals surface area (Å²) in [7, 11) is 1.60. The lowest BCUT2D eigenvalue weighted by atomic mass is 10.00. The molecule has 0 aliphatic rings. The number of carbonyl (C=O) groups is 1. The molecule has 128 valence electrons. The van der Waals surface area contributed by atoms with Gasteiger partial charge in [0.2, 0.25) is 5.95 Å². The highest BCUT2D eigenvalue weighted by Gasteiger charge is 2.19. The van der Waals surface area contributed by atoms with Gasteiger partial charge in [0.05, 0.1) is 22.6 Å². The standard InChI is InChI=1S/C18H18ClN5O/c1-3-10-4-5-11(19)8-12(10)16-13(17(25)21-2)9-15(23-16)14-6-7-22-18(20)24-14/h4-9,23H,3H2,1-2H3,(H,21,25)(H2,20,22,24). The van der Waals surface area contributed by atoms with Gasteiger partial charge in [0.25, 0.3) is 5.91 Å². The van der Waals surface area contributed by atoms with E-state index in [1.54, 1.807) is 25.4 Å². The van der Waals surface area contributed by atoms with Gasteiger partial charge in [-0.2, -0.15) is 0 Å². The molecule has 4 N–H and O–H groups in total. The van der Waals surface area contributed by atoms with Gasteiger partial charge in [-0.3, -0.25) is 4.79 Å². The van der Waals surface area contributed by atoms with Crippen LogP contribution in [0.1, 0.15) is 22.8 Å². The molecule has 2 aromatic heterocycles. The van der Waals surface area contributed by atoms with Gasteiger partial charge < -0.3 is 16.0 Å². The summed E-state index contributed by atoms with van der Waals surface area (Å²) in [6.45, 7) is 2.06. The smallest absolute Gasteiger partial charge is 0.253 e. The van der Waals surface area contributed by atoms with Crippen LogP contribution in [-0.2, 0) is 6.42 Å². The Morgan fingerprint density at radius 3 is 2.80 bits per heavy atom. The molecule has 0 bridgehead atoms. The molecular formula is C18H18ClN5O. The van der Waals surface area contributed by atoms with E-state index in [-0.39, 0.29) is 11.9 Å². The van der Waals surface area contributed by atoms with Crippen LogP contribution in [0.15, 0.2) is 36.5 Å². The van der Waals surface area contributed by atoms with E-state index in [9.17, 15) is 4.79 Å². The number of aryl methyl sites for hydroxylation is 1. The molecule has 2 heterocycles. The van der Waals surface area contributed by atoms with Gasteiger partial charge >= 0.3 is 0 Å². The van der Waals surface area contributed by atoms with Crippen molar-refractivity contribution in [1.82, 2.24) is 20.3 Å². The quantitative estimate of drug-likeness (QED) is 0.669. The molecule has 3 aromatic rings. The average molecular weight is 356 g/mol. The molecule has 0 radical (unpaired) electrons. The monoisotopic (exact) mass is 355 g/mol. The molecule has 0 fully saturated rings. The number of nitrogens with zero attached hydrogens (tertiary/aromatic N) is 2. The lowest BCUT2D eigenvalue weighted by molar-refractivity contribution is 0.0964. The summed E-state index contributed by atoms with van der Waals surface area (Å²) in [6, 6.07) is 9.16. The number of nitrogens with two attached hydrogens (primary N) is 1. The molecule has 1 amide bonds. The number of nitrogen functional groups attached to an aromatic ring is 1. The van der Waals surface area contributed by atoms with Crippen molar-refractivity contribution in [3.63, 3.8) is 0 Å². The number of hydrogen-bond acceptors (Lipinski definition) is 4. The zero-order valence-corrected chi connectivity index (χ0v) is 14.7. The summed E-state index contributed by atoms with van der Waals surface area (Å²) in [5, 5.41) is 3.28. The molecule has 3 rings (SSSR count). The fourth-order valence-electron chi connectivity index (χ4n) is 2.73. The van der Waals surface area contributed by atoms with Crippen LogP contribution in [0.3, 0.4) is 0 Å². The third kappa shape index (κ3) is 3.34. The number of H-pyrrole nitrogens is 1. The van der Waals surface area contributed by atoms with E-state index in [0.717, 1.165) is 17.5 Å². The molecule has 6 nitrogen and oxygen atoms in total. The van der Waals surface area contributed by atoms with Gasteiger partial charge in [0, 0.05) is 23.8 Å². The van der Waals surface area contributed by atoms with Gasteiger partial charge in [0.15, 0.2) is 0 Å². The van der Waals surface area contributed by atoms with Crippen molar-refractivity contribution in [3.8, 4) is 22.6 Å². The van der Waals surface area contributed by atoms with E-state index < -0.39 is 0 Å². The number of aromatic amines is 1. The van der Waals surface area contributed by atoms with Crippen molar-refractivity contribution in [2.75, 3.05) is 12.8 Å². The number of rotatable bonds is 4. The number of hydrogen-bond donors (Lipinski definition) is 3. The minimum Gasteiger partial charge on any atom is -0.368 e. The Bertz CT molecular complexity index is 935. The molecule has 0 saturated carbocycles. The summed E-state index contributed by atoms with van der Waals surface area (Å²) < 4.78 is 0. The average Bonchev–Trinajstić information content (AvgIpc) is 3.06. The summed E-state index contributed by atoms with van der Waals surface area (Å²) >= 11 is 6.18. The third-order valence-corrected chi connectivity index (χ3v) is 4.20. The van der Waals surface area contributed by atoms with E-state index in [4.69, 9.17) is 17.3 Å². The highest BCUT2D eigenvalue weighted by atomic mass is 35.5. The Kier molecular flexibility index (Phi) is 4.72. The number of benzene rings is 1. The van der Waals surface area contributed by atoms with Gasteiger partial charge in [-0.25, -0.2) is 9.97 Å². The number of aromatic nitrogens is 3. The second kappa shape index (κ2) is 6.94. The Balaban J connectivity index is 2.22. The number of halogens is 1. The normalized spacial score (nSPS) is 10.7. The van der Waals surface area contributed by atoms with Crippen LogP contribution in [0.5, 0.6) is 0 Å². The molecule has 0 spiro atoms. The summed E-state index contributed by atoms with van der Waals surface area (Å²) in [6.07, 6.45) is 2.39. The maximum absolute atomic E-state index is 12.4. The largest absolute Gasteiger partial charge is 0.368 e. The maximum atomic E-state index is 12.4. The molecule has 0 saturated heterocycles. The first-order valence-electron chi connectivity index (χ1n) is 7.86. The zero-order valence-electron chi connectivity index (χ0n) is 13.9. The van der Waals surface area contributed by atoms with Crippen LogP contribution >= 0.6 is 11.6 Å². The lowest BCUT2D eigenvalue weighted by Crippen LogP contribution is -2.18. The van der Waals surface area contributed by atoms with Crippen LogP contribution in [0, 0.1) is 0 Å². The van der Waals surface area contributed by atoms with Crippen LogP contribution in [0.4, 0.5) is 5.95 Å². The van der Waals surface area contributed by atoms with Crippen molar-refractivity contribution in [1.29, 1.82) is 0 Å². The third-order valence-electron chi connectivity index (χ3n) is 3.96. The number of anilines is 1. The van der Waals surface area contributed by atoms with Crippen molar-refractivity contribution < 1.29 is 4.79 Å². The number of nitrogens with one attached hydrogen (secondary N) is 2. The number of amides is 1. The van der Waals surface area contributed by atoms with Gasteiger partial charge in [-0.05, 0) is 36.2 Å². The molecule has 0 aliphatic carbocycles. The zero-order chi connectivity index (χ0) is 18.0. The predicted molar refractivity (Wildman–Crippen MR) is 99.4 cm³/mol. The van der Waals surface area contributed by atoms with Crippen molar-refractivity contribution >= 4 is 23.5 Å². The minimum absolute atomic E-state index is 0.173. The molecule has 0 atom stereocenters. The minimum atomic E-state index is -0.193. The van der Waals surface area contributed by atoms with Gasteiger partial charge in [-0.1, -0.05) is 24.6 Å². The van der Waals surface area contributed by atoms with Crippen LogP contribution in [-0.4, -0.2) is 27.9 Å². The fraction of sp³-hybridized carbons (Fsp3) is 0.167. The van der Waals surface area contributed by atoms with Gasteiger partial charge in [0.1, 0.15) is 0 Å². The first kappa shape index (κ1) is 17.0. The van der Waals surface area contributed by atoms with Crippen molar-refractivity contribution in [2.45, 2.75) is 13.3 Å². The Hall–Kier alpha value is -2.86. The molecule has 7 heteroatoms. The fourth-order valence-corrected chi connectivity index (χ4v) is 2.90. The highest BCUT2D eigenvalue weighted by Crippen LogP contribution is 2.32. The second-order valence-electron chi connectivity index (χ2n) is 5.51. The first-order chi connectivity index (χ1) is 12.0. The molecule has 0 unspecified atom stereocenters. The topological polar surface area (TPSA) is 96.7 Å². The molecule has 25 heavy (non-hydrogen) atoms. The second-order valence-corrected chi connectivity index (χ2v) is 5.94. The van der Waals surface area contributed by atoms with E-state index >= 15 is 0 Å². The Morgan fingerprint density at radius 1 is 1.32 bits per heavy atom. The van der Waals surface area contributed by atoms with E-state index in [0.29, 0.717) is 27.7 Å². The van der Waals surface area contributed by atoms with E-state index in [1.165, 1.54) is 0 Å². The van der Waals surface area contributed by atoms with E-state index in [2.05, 4.69) is 27.2 Å². The molecule has 0 aliphatic heterocycles. The highest BCUT2D eigenvalue weighted by molar-refractivity contribution is 6.31. The molecular weight excluding hydrogens is 338 g/mol. The number of carbonyl (C=O) groups excluding carboxylic acids is 1. The van der Waals surface area contributed by atoms with Crippen LogP contribution in [0.2, 0.25) is 5.02 Å². The summed E-state index contributed by atoms with van der Waals surface area (Å²) in [4.78, 5) is 23.8. The SMILES string of the molecule is CCc1ccc(Cl)cc1-c1[nH]c(-c2ccnc(N)n2)cc1C(=O)NC. The maximum Gasteiger partial charge on any atom is 0.253 e. The first-order valence-corrected chi connectivity index (χ1v) is 8.24. The van der Waals surface area contributed by atoms with Crippen LogP contribution < -0.4 is 11.1 Å². The predicted octanol–water partition coefficient (Wildman–Crippen LogP) is 3.30. The Morgan fingerprint density at radius 2 is 2.12 bits per heavy atom. The summed E-state index contributed by atoms with van der Waals surface area (Å²) in [5.74, 6) is -0.0197. The Labute approximate surface area is 150 Å². The van der Waals surface area contributed by atoms with Gasteiger partial charge in [-0.15, -0.1) is 0 Å². The molecule has 1 aromatic carbocycles. The van der Waals surface area contributed by atoms with Crippen LogP contribution in [0.25, 0.3) is 22.6 Å². The summed E-state index contributed by atoms with van der Waals surface area (Å²) in [5.41, 5.74) is 10.2. The lowest BCUT2D eigenvalue weighted by Gasteiger charge is -2.09. The van der Waals surface area contributed by atoms with E-state index in [1.807, 2.05) is 18.2 Å². The van der Waals surface area contributed by atoms with Crippen molar-refractivity contribution in [3.05, 3.63) is 52.7 Å². The van der Waals surface area contributed by atoms with Crippen molar-refractivity contribution in [2.24, 2.45) is 0 Å².